The fourth-order valence-electron chi connectivity index (χ4n) is 2.69. The molecular formula is C20H25O3S+. The van der Waals surface area contributed by atoms with Crippen LogP contribution in [0.4, 0.5) is 0 Å². The molecule has 0 aliphatic heterocycles. The van der Waals surface area contributed by atoms with Gasteiger partial charge in [0.15, 0.2) is 20.3 Å². The van der Waals surface area contributed by atoms with Crippen LogP contribution < -0.4 is 9.47 Å². The van der Waals surface area contributed by atoms with Crippen LogP contribution in [0.25, 0.3) is 0 Å². The van der Waals surface area contributed by atoms with Crippen molar-refractivity contribution in [3.05, 3.63) is 48.5 Å². The minimum absolute atomic E-state index is 0.262. The SMILES string of the molecule is CCC(=O)C(C)(C)[S+](c1ccc(OC)cc1)c1ccc(OC)cc1. The molecule has 0 N–H and O–H groups in total. The lowest BCUT2D eigenvalue weighted by Gasteiger charge is -2.24. The highest BCUT2D eigenvalue weighted by atomic mass is 32.2. The quantitative estimate of drug-likeness (QED) is 0.693. The van der Waals surface area contributed by atoms with E-state index in [1.807, 2.05) is 45.0 Å². The van der Waals surface area contributed by atoms with Gasteiger partial charge in [-0.2, -0.15) is 0 Å². The maximum Gasteiger partial charge on any atom is 0.190 e. The number of methoxy groups -OCH3 is 2. The Hall–Kier alpha value is -1.94. The van der Waals surface area contributed by atoms with Crippen LogP contribution >= 0.6 is 0 Å². The molecular weight excluding hydrogens is 320 g/mol. The molecule has 0 atom stereocenters. The molecule has 2 rings (SSSR count). The van der Waals surface area contributed by atoms with Crippen molar-refractivity contribution in [2.75, 3.05) is 14.2 Å². The van der Waals surface area contributed by atoms with Crippen LogP contribution in [-0.2, 0) is 15.7 Å². The fraction of sp³-hybridized carbons (Fsp3) is 0.350. The summed E-state index contributed by atoms with van der Waals surface area (Å²) in [4.78, 5) is 14.9. The first-order valence-corrected chi connectivity index (χ1v) is 9.22. The van der Waals surface area contributed by atoms with Crippen LogP contribution in [0, 0.1) is 0 Å². The second kappa shape index (κ2) is 7.75. The van der Waals surface area contributed by atoms with Gasteiger partial charge in [-0.1, -0.05) is 6.92 Å². The van der Waals surface area contributed by atoms with Gasteiger partial charge in [0.05, 0.1) is 25.1 Å². The zero-order chi connectivity index (χ0) is 17.7. The third-order valence-corrected chi connectivity index (χ3v) is 6.83. The molecule has 0 heterocycles. The van der Waals surface area contributed by atoms with Crippen molar-refractivity contribution >= 4 is 16.7 Å². The Kier molecular flexibility index (Phi) is 5.94. The summed E-state index contributed by atoms with van der Waals surface area (Å²) in [6, 6.07) is 16.0. The van der Waals surface area contributed by atoms with Gasteiger partial charge >= 0.3 is 0 Å². The Balaban J connectivity index is 2.52. The van der Waals surface area contributed by atoms with E-state index < -0.39 is 4.75 Å². The van der Waals surface area contributed by atoms with E-state index in [1.54, 1.807) is 14.2 Å². The molecule has 0 spiro atoms. The van der Waals surface area contributed by atoms with Crippen molar-refractivity contribution in [1.82, 2.24) is 0 Å². The van der Waals surface area contributed by atoms with Crippen LogP contribution in [0.5, 0.6) is 11.5 Å². The van der Waals surface area contributed by atoms with Crippen LogP contribution in [0.1, 0.15) is 27.2 Å². The van der Waals surface area contributed by atoms with Gasteiger partial charge in [-0.3, -0.25) is 4.79 Å². The van der Waals surface area contributed by atoms with Crippen LogP contribution in [-0.4, -0.2) is 24.7 Å². The normalized spacial score (nSPS) is 11.4. The van der Waals surface area contributed by atoms with Crippen LogP contribution in [0.15, 0.2) is 58.3 Å². The van der Waals surface area contributed by atoms with E-state index in [0.717, 1.165) is 21.3 Å². The summed E-state index contributed by atoms with van der Waals surface area (Å²) in [7, 11) is 2.94. The lowest BCUT2D eigenvalue weighted by Crippen LogP contribution is -2.40. The van der Waals surface area contributed by atoms with Crippen molar-refractivity contribution in [2.45, 2.75) is 41.7 Å². The second-order valence-corrected chi connectivity index (χ2v) is 8.52. The molecule has 2 aromatic carbocycles. The average molecular weight is 345 g/mol. The molecule has 0 radical (unpaired) electrons. The lowest BCUT2D eigenvalue weighted by atomic mass is 10.1. The first-order chi connectivity index (χ1) is 11.4. The topological polar surface area (TPSA) is 35.5 Å². The van der Waals surface area contributed by atoms with Crippen LogP contribution in [0.2, 0.25) is 0 Å². The molecule has 4 heteroatoms. The summed E-state index contributed by atoms with van der Waals surface area (Å²) in [5, 5.41) is 0. The molecule has 128 valence electrons. The average Bonchev–Trinajstić information content (AvgIpc) is 2.62. The summed E-state index contributed by atoms with van der Waals surface area (Å²) in [5.74, 6) is 1.89. The first kappa shape index (κ1) is 18.4. The van der Waals surface area contributed by atoms with E-state index >= 15 is 0 Å². The fourth-order valence-corrected chi connectivity index (χ4v) is 5.33. The highest BCUT2D eigenvalue weighted by Gasteiger charge is 2.47. The largest absolute Gasteiger partial charge is 0.497 e. The van der Waals surface area contributed by atoms with Crippen LogP contribution in [0.3, 0.4) is 0 Å². The lowest BCUT2D eigenvalue weighted by molar-refractivity contribution is -0.120. The minimum atomic E-state index is -0.474. The van der Waals surface area contributed by atoms with Gasteiger partial charge in [-0.15, -0.1) is 0 Å². The van der Waals surface area contributed by atoms with Gasteiger partial charge in [0.1, 0.15) is 11.5 Å². The van der Waals surface area contributed by atoms with E-state index in [4.69, 9.17) is 9.47 Å². The van der Waals surface area contributed by atoms with Gasteiger partial charge in [0.2, 0.25) is 0 Å². The summed E-state index contributed by atoms with van der Waals surface area (Å²) >= 11 is 0. The molecule has 3 nitrogen and oxygen atoms in total. The number of benzene rings is 2. The molecule has 0 aliphatic carbocycles. The molecule has 0 saturated carbocycles. The third kappa shape index (κ3) is 3.75. The molecule has 0 saturated heterocycles. The standard InChI is InChI=1S/C20H25O3S/c1-6-19(21)20(2,3)24(17-11-7-15(22-4)8-12-17)18-13-9-16(23-5)10-14-18/h7-14H,6H2,1-5H3/q+1. The highest BCUT2D eigenvalue weighted by Crippen LogP contribution is 2.37. The van der Waals surface area contributed by atoms with Crippen molar-refractivity contribution in [2.24, 2.45) is 0 Å². The van der Waals surface area contributed by atoms with Gasteiger partial charge in [0.25, 0.3) is 0 Å². The van der Waals surface area contributed by atoms with Gasteiger partial charge in [-0.25, -0.2) is 0 Å². The Morgan fingerprint density at radius 3 is 1.54 bits per heavy atom. The van der Waals surface area contributed by atoms with Gasteiger partial charge in [0, 0.05) is 6.42 Å². The molecule has 0 amide bonds. The monoisotopic (exact) mass is 345 g/mol. The Morgan fingerprint density at radius 2 is 1.25 bits per heavy atom. The van der Waals surface area contributed by atoms with E-state index in [0.29, 0.717) is 6.42 Å². The third-order valence-electron chi connectivity index (χ3n) is 4.09. The first-order valence-electron chi connectivity index (χ1n) is 7.99. The van der Waals surface area contributed by atoms with Crippen molar-refractivity contribution in [3.8, 4) is 11.5 Å². The maximum atomic E-state index is 12.6. The molecule has 0 bridgehead atoms. The van der Waals surface area contributed by atoms with Gasteiger partial charge in [-0.05, 0) is 62.4 Å². The number of carbonyl (C=O) groups is 1. The van der Waals surface area contributed by atoms with E-state index in [-0.39, 0.29) is 16.7 Å². The van der Waals surface area contributed by atoms with Crippen molar-refractivity contribution in [1.29, 1.82) is 0 Å². The number of Topliss-reactive ketones (excluding diaryl/α,β-unsaturated/α-hetero) is 1. The molecule has 0 unspecified atom stereocenters. The highest BCUT2D eigenvalue weighted by molar-refractivity contribution is 7.99. The van der Waals surface area contributed by atoms with E-state index in [2.05, 4.69) is 24.3 Å². The molecule has 0 fully saturated rings. The molecule has 0 aliphatic rings. The zero-order valence-electron chi connectivity index (χ0n) is 15.0. The van der Waals surface area contributed by atoms with Gasteiger partial charge < -0.3 is 9.47 Å². The van der Waals surface area contributed by atoms with E-state index in [9.17, 15) is 4.79 Å². The van der Waals surface area contributed by atoms with Crippen molar-refractivity contribution < 1.29 is 14.3 Å². The minimum Gasteiger partial charge on any atom is -0.497 e. The molecule has 2 aromatic rings. The second-order valence-electron chi connectivity index (χ2n) is 5.94. The summed E-state index contributed by atoms with van der Waals surface area (Å²) in [5.41, 5.74) is 0. The summed E-state index contributed by atoms with van der Waals surface area (Å²) < 4.78 is 10.0. The Labute approximate surface area is 147 Å². The smallest absolute Gasteiger partial charge is 0.190 e. The molecule has 24 heavy (non-hydrogen) atoms. The zero-order valence-corrected chi connectivity index (χ0v) is 15.8. The summed E-state index contributed by atoms with van der Waals surface area (Å²) in [6.07, 6.45) is 0.531. The predicted octanol–water partition coefficient (Wildman–Crippen LogP) is 4.50. The Bertz CT molecular complexity index is 628. The van der Waals surface area contributed by atoms with Crippen molar-refractivity contribution in [3.63, 3.8) is 0 Å². The maximum absolute atomic E-state index is 12.6. The summed E-state index contributed by atoms with van der Waals surface area (Å²) in [6.45, 7) is 6.00. The number of hydrogen-bond donors (Lipinski definition) is 0. The Morgan fingerprint density at radius 1 is 0.875 bits per heavy atom. The number of ether oxygens (including phenoxy) is 2. The number of rotatable bonds is 7. The molecule has 0 aromatic heterocycles. The predicted molar refractivity (Wildman–Crippen MR) is 99.3 cm³/mol. The number of ketones is 1. The number of hydrogen-bond acceptors (Lipinski definition) is 3. The number of carbonyl (C=O) groups excluding carboxylic acids is 1. The van der Waals surface area contributed by atoms with E-state index in [1.165, 1.54) is 0 Å².